The van der Waals surface area contributed by atoms with Crippen molar-refractivity contribution in [1.82, 2.24) is 4.90 Å². The second kappa shape index (κ2) is 9.68. The number of benzene rings is 2. The summed E-state index contributed by atoms with van der Waals surface area (Å²) in [7, 11) is 0. The molecule has 9 heteroatoms. The number of nitrogens with zero attached hydrogens (tertiary/aromatic N) is 3. The molecule has 2 saturated heterocycles. The molecule has 0 radical (unpaired) electrons. The van der Waals surface area contributed by atoms with Crippen LogP contribution in [0.4, 0.5) is 16.2 Å². The van der Waals surface area contributed by atoms with Crippen LogP contribution in [0.3, 0.4) is 0 Å². The molecule has 2 fully saturated rings. The molecule has 32 heavy (non-hydrogen) atoms. The number of imide groups is 1. The average molecular weight is 449 g/mol. The van der Waals surface area contributed by atoms with E-state index >= 15 is 0 Å². The minimum absolute atomic E-state index is 0.237. The quantitative estimate of drug-likeness (QED) is 0.701. The number of carbonyl (C=O) groups excluding carboxylic acids is 3. The Hall–Kier alpha value is -3.61. The second-order valence-electron chi connectivity index (χ2n) is 7.17. The zero-order valence-electron chi connectivity index (χ0n) is 17.1. The zero-order valence-corrected chi connectivity index (χ0v) is 17.9. The minimum atomic E-state index is -0.513. The van der Waals surface area contributed by atoms with Gasteiger partial charge in [-0.2, -0.15) is 5.26 Å². The zero-order chi connectivity index (χ0) is 22.5. The molecular weight excluding hydrogens is 428 g/mol. The van der Waals surface area contributed by atoms with E-state index < -0.39 is 17.1 Å². The van der Waals surface area contributed by atoms with Crippen molar-refractivity contribution < 1.29 is 19.1 Å². The van der Waals surface area contributed by atoms with Crippen molar-refractivity contribution in [3.8, 4) is 6.07 Å². The van der Waals surface area contributed by atoms with Crippen LogP contribution in [0.25, 0.3) is 6.08 Å². The summed E-state index contributed by atoms with van der Waals surface area (Å²) >= 11 is 0.792. The number of amides is 3. The SMILES string of the molecule is N#Cc1ccc(/C=C2/SC(=O)N(CC(=O)Nc3ccccc3N3CCOCC3)C2=O)cc1. The molecule has 3 amide bonds. The molecule has 0 saturated carbocycles. The van der Waals surface area contributed by atoms with Gasteiger partial charge in [0.2, 0.25) is 5.91 Å². The maximum atomic E-state index is 12.7. The van der Waals surface area contributed by atoms with Gasteiger partial charge in [-0.15, -0.1) is 0 Å². The Kier molecular flexibility index (Phi) is 6.54. The van der Waals surface area contributed by atoms with Crippen molar-refractivity contribution in [2.75, 3.05) is 43.1 Å². The van der Waals surface area contributed by atoms with Gasteiger partial charge in [-0.05, 0) is 47.7 Å². The number of nitriles is 1. The van der Waals surface area contributed by atoms with E-state index in [4.69, 9.17) is 10.00 Å². The summed E-state index contributed by atoms with van der Waals surface area (Å²) in [6.45, 7) is 2.30. The third-order valence-corrected chi connectivity index (χ3v) is 5.95. The van der Waals surface area contributed by atoms with Gasteiger partial charge in [0, 0.05) is 13.1 Å². The van der Waals surface area contributed by atoms with Crippen LogP contribution in [0, 0.1) is 11.3 Å². The van der Waals surface area contributed by atoms with Gasteiger partial charge in [0.05, 0.1) is 41.1 Å². The lowest BCUT2D eigenvalue weighted by Gasteiger charge is -2.30. The third kappa shape index (κ3) is 4.82. The summed E-state index contributed by atoms with van der Waals surface area (Å²) in [4.78, 5) is 41.0. The van der Waals surface area contributed by atoms with Crippen LogP contribution in [0.15, 0.2) is 53.4 Å². The molecular formula is C23H20N4O4S. The fourth-order valence-corrected chi connectivity index (χ4v) is 4.27. The number of thioether (sulfide) groups is 1. The van der Waals surface area contributed by atoms with E-state index in [1.165, 1.54) is 0 Å². The van der Waals surface area contributed by atoms with Crippen LogP contribution in [0.2, 0.25) is 0 Å². The first kappa shape index (κ1) is 21.6. The lowest BCUT2D eigenvalue weighted by molar-refractivity contribution is -0.127. The Morgan fingerprint density at radius 2 is 1.84 bits per heavy atom. The first-order valence-electron chi connectivity index (χ1n) is 10.0. The molecule has 2 aromatic rings. The molecule has 1 N–H and O–H groups in total. The van der Waals surface area contributed by atoms with Crippen LogP contribution in [-0.2, 0) is 14.3 Å². The van der Waals surface area contributed by atoms with E-state index in [0.717, 1.165) is 35.4 Å². The summed E-state index contributed by atoms with van der Waals surface area (Å²) in [6.07, 6.45) is 1.58. The maximum Gasteiger partial charge on any atom is 0.294 e. The van der Waals surface area contributed by atoms with Crippen molar-refractivity contribution in [3.05, 3.63) is 64.6 Å². The molecule has 4 rings (SSSR count). The monoisotopic (exact) mass is 448 g/mol. The molecule has 0 bridgehead atoms. The van der Waals surface area contributed by atoms with Crippen molar-refractivity contribution in [2.45, 2.75) is 0 Å². The topological polar surface area (TPSA) is 103 Å². The van der Waals surface area contributed by atoms with Gasteiger partial charge in [0.1, 0.15) is 6.54 Å². The third-order valence-electron chi connectivity index (χ3n) is 5.04. The van der Waals surface area contributed by atoms with Crippen molar-refractivity contribution in [1.29, 1.82) is 5.26 Å². The predicted molar refractivity (Wildman–Crippen MR) is 122 cm³/mol. The van der Waals surface area contributed by atoms with Crippen LogP contribution >= 0.6 is 11.8 Å². The molecule has 2 heterocycles. The largest absolute Gasteiger partial charge is 0.378 e. The number of para-hydroxylation sites is 2. The molecule has 8 nitrogen and oxygen atoms in total. The standard InChI is InChI=1S/C23H20N4O4S/c24-14-17-7-5-16(6-8-17)13-20-22(29)27(23(30)32-20)15-21(28)25-18-3-1-2-4-19(18)26-9-11-31-12-10-26/h1-8,13H,9-12,15H2,(H,25,28)/b20-13+. The molecule has 2 aromatic carbocycles. The molecule has 0 unspecified atom stereocenters. The first-order valence-corrected chi connectivity index (χ1v) is 10.8. The Morgan fingerprint density at radius 3 is 2.56 bits per heavy atom. The van der Waals surface area contributed by atoms with E-state index in [-0.39, 0.29) is 11.4 Å². The van der Waals surface area contributed by atoms with Gasteiger partial charge < -0.3 is 15.0 Å². The highest BCUT2D eigenvalue weighted by Gasteiger charge is 2.36. The molecule has 0 atom stereocenters. The van der Waals surface area contributed by atoms with E-state index in [9.17, 15) is 14.4 Å². The summed E-state index contributed by atoms with van der Waals surface area (Å²) < 4.78 is 5.39. The van der Waals surface area contributed by atoms with Gasteiger partial charge in [0.15, 0.2) is 0 Å². The maximum absolute atomic E-state index is 12.7. The Bertz CT molecular complexity index is 1120. The van der Waals surface area contributed by atoms with Crippen molar-refractivity contribution >= 4 is 46.3 Å². The normalized spacial score (nSPS) is 17.5. The number of hydrogen-bond donors (Lipinski definition) is 1. The van der Waals surface area contributed by atoms with E-state index in [1.54, 1.807) is 36.4 Å². The van der Waals surface area contributed by atoms with Gasteiger partial charge in [-0.1, -0.05) is 24.3 Å². The molecule has 0 spiro atoms. The summed E-state index contributed by atoms with van der Waals surface area (Å²) in [5.41, 5.74) is 2.70. The smallest absolute Gasteiger partial charge is 0.294 e. The molecule has 2 aliphatic heterocycles. The van der Waals surface area contributed by atoms with Crippen LogP contribution in [0.1, 0.15) is 11.1 Å². The Balaban J connectivity index is 1.43. The highest BCUT2D eigenvalue weighted by molar-refractivity contribution is 8.18. The van der Waals surface area contributed by atoms with Gasteiger partial charge in [0.25, 0.3) is 11.1 Å². The molecule has 162 valence electrons. The summed E-state index contributed by atoms with van der Waals surface area (Å²) in [5.74, 6) is -0.964. The lowest BCUT2D eigenvalue weighted by atomic mass is 10.1. The minimum Gasteiger partial charge on any atom is -0.378 e. The lowest BCUT2D eigenvalue weighted by Crippen LogP contribution is -2.38. The fourth-order valence-electron chi connectivity index (χ4n) is 3.43. The average Bonchev–Trinajstić information content (AvgIpc) is 3.07. The van der Waals surface area contributed by atoms with Crippen LogP contribution in [-0.4, -0.2) is 54.8 Å². The molecule has 0 aliphatic carbocycles. The number of carbonyl (C=O) groups is 3. The number of ether oxygens (including phenoxy) is 1. The van der Waals surface area contributed by atoms with Crippen LogP contribution in [0.5, 0.6) is 0 Å². The number of anilines is 2. The number of nitrogens with one attached hydrogen (secondary N) is 1. The van der Waals surface area contributed by atoms with Crippen molar-refractivity contribution in [3.63, 3.8) is 0 Å². The Morgan fingerprint density at radius 1 is 1.12 bits per heavy atom. The summed E-state index contributed by atoms with van der Waals surface area (Å²) in [6, 6.07) is 16.1. The summed E-state index contributed by atoms with van der Waals surface area (Å²) in [5, 5.41) is 11.2. The number of morpholine rings is 1. The second-order valence-corrected chi connectivity index (χ2v) is 8.16. The first-order chi connectivity index (χ1) is 15.5. The molecule has 0 aromatic heterocycles. The van der Waals surface area contributed by atoms with E-state index in [0.29, 0.717) is 30.0 Å². The van der Waals surface area contributed by atoms with E-state index in [2.05, 4.69) is 10.2 Å². The number of hydrogen-bond acceptors (Lipinski definition) is 7. The highest BCUT2D eigenvalue weighted by atomic mass is 32.2. The predicted octanol–water partition coefficient (Wildman–Crippen LogP) is 3.07. The fraction of sp³-hybridized carbons (Fsp3) is 0.217. The van der Waals surface area contributed by atoms with Gasteiger partial charge in [-0.3, -0.25) is 19.3 Å². The van der Waals surface area contributed by atoms with Crippen LogP contribution < -0.4 is 10.2 Å². The highest BCUT2D eigenvalue weighted by Crippen LogP contribution is 2.32. The van der Waals surface area contributed by atoms with Crippen molar-refractivity contribution in [2.24, 2.45) is 0 Å². The Labute approximate surface area is 189 Å². The van der Waals surface area contributed by atoms with Gasteiger partial charge in [-0.25, -0.2) is 0 Å². The molecule has 2 aliphatic rings. The van der Waals surface area contributed by atoms with E-state index in [1.807, 2.05) is 24.3 Å². The van der Waals surface area contributed by atoms with Gasteiger partial charge >= 0.3 is 0 Å². The number of rotatable bonds is 5.